The SMILES string of the molecule is Cc1cc(F)ncc1-c1ccc2c(Cl)ccnc2n1. The van der Waals surface area contributed by atoms with Gasteiger partial charge in [-0.2, -0.15) is 4.39 Å². The molecule has 0 aromatic carbocycles. The lowest BCUT2D eigenvalue weighted by atomic mass is 10.1. The van der Waals surface area contributed by atoms with Gasteiger partial charge in [-0.1, -0.05) is 11.6 Å². The van der Waals surface area contributed by atoms with Gasteiger partial charge in [0.2, 0.25) is 5.95 Å². The van der Waals surface area contributed by atoms with Crippen molar-refractivity contribution in [1.29, 1.82) is 0 Å². The minimum Gasteiger partial charge on any atom is -0.237 e. The van der Waals surface area contributed by atoms with E-state index in [4.69, 9.17) is 11.6 Å². The first-order valence-electron chi connectivity index (χ1n) is 5.69. The summed E-state index contributed by atoms with van der Waals surface area (Å²) >= 11 is 6.07. The molecule has 94 valence electrons. The highest BCUT2D eigenvalue weighted by Crippen LogP contribution is 2.25. The van der Waals surface area contributed by atoms with E-state index < -0.39 is 5.95 Å². The van der Waals surface area contributed by atoms with Crippen LogP contribution in [0.2, 0.25) is 5.02 Å². The van der Waals surface area contributed by atoms with Crippen molar-refractivity contribution in [2.75, 3.05) is 0 Å². The maximum Gasteiger partial charge on any atom is 0.213 e. The van der Waals surface area contributed by atoms with Gasteiger partial charge in [0.05, 0.1) is 10.7 Å². The van der Waals surface area contributed by atoms with Gasteiger partial charge in [0.15, 0.2) is 5.65 Å². The Morgan fingerprint density at radius 3 is 2.79 bits per heavy atom. The van der Waals surface area contributed by atoms with E-state index in [1.165, 1.54) is 12.3 Å². The third-order valence-corrected chi connectivity index (χ3v) is 3.23. The summed E-state index contributed by atoms with van der Waals surface area (Å²) in [6.45, 7) is 1.82. The summed E-state index contributed by atoms with van der Waals surface area (Å²) in [4.78, 5) is 12.3. The van der Waals surface area contributed by atoms with Gasteiger partial charge in [0.25, 0.3) is 0 Å². The van der Waals surface area contributed by atoms with Gasteiger partial charge in [0.1, 0.15) is 0 Å². The van der Waals surface area contributed by atoms with E-state index in [2.05, 4.69) is 15.0 Å². The number of rotatable bonds is 1. The average molecular weight is 274 g/mol. The van der Waals surface area contributed by atoms with Crippen molar-refractivity contribution in [2.45, 2.75) is 6.92 Å². The van der Waals surface area contributed by atoms with E-state index in [0.29, 0.717) is 16.4 Å². The Bertz CT molecular complexity index is 774. The van der Waals surface area contributed by atoms with Gasteiger partial charge >= 0.3 is 0 Å². The molecule has 0 saturated carbocycles. The van der Waals surface area contributed by atoms with Gasteiger partial charge in [-0.3, -0.25) is 0 Å². The fourth-order valence-electron chi connectivity index (χ4n) is 1.94. The normalized spacial score (nSPS) is 10.9. The van der Waals surface area contributed by atoms with E-state index in [1.54, 1.807) is 12.3 Å². The molecule has 0 unspecified atom stereocenters. The largest absolute Gasteiger partial charge is 0.237 e. The summed E-state index contributed by atoms with van der Waals surface area (Å²) in [5.41, 5.74) is 2.83. The first kappa shape index (κ1) is 12.0. The highest BCUT2D eigenvalue weighted by Gasteiger charge is 2.08. The molecular weight excluding hydrogens is 265 g/mol. The molecule has 0 aliphatic carbocycles. The second kappa shape index (κ2) is 4.55. The van der Waals surface area contributed by atoms with Gasteiger partial charge in [-0.15, -0.1) is 0 Å². The lowest BCUT2D eigenvalue weighted by Gasteiger charge is -2.06. The van der Waals surface area contributed by atoms with Crippen LogP contribution in [0.1, 0.15) is 5.56 Å². The van der Waals surface area contributed by atoms with E-state index in [-0.39, 0.29) is 0 Å². The van der Waals surface area contributed by atoms with Gasteiger partial charge in [-0.25, -0.2) is 15.0 Å². The molecule has 3 aromatic heterocycles. The van der Waals surface area contributed by atoms with E-state index >= 15 is 0 Å². The number of aryl methyl sites for hydroxylation is 1. The fraction of sp³-hybridized carbons (Fsp3) is 0.0714. The molecule has 3 rings (SSSR count). The Balaban J connectivity index is 2.21. The molecule has 0 saturated heterocycles. The molecule has 0 bridgehead atoms. The number of nitrogens with zero attached hydrogens (tertiary/aromatic N) is 3. The van der Waals surface area contributed by atoms with Gasteiger partial charge in [-0.05, 0) is 36.8 Å². The maximum absolute atomic E-state index is 13.0. The number of hydrogen-bond donors (Lipinski definition) is 0. The quantitative estimate of drug-likeness (QED) is 0.633. The molecule has 5 heteroatoms. The Morgan fingerprint density at radius 2 is 2.00 bits per heavy atom. The molecule has 3 heterocycles. The van der Waals surface area contributed by atoms with Crippen LogP contribution in [-0.2, 0) is 0 Å². The van der Waals surface area contributed by atoms with Crippen LogP contribution in [-0.4, -0.2) is 15.0 Å². The summed E-state index contributed by atoms with van der Waals surface area (Å²) in [5, 5.41) is 1.40. The van der Waals surface area contributed by atoms with Crippen LogP contribution in [0.4, 0.5) is 4.39 Å². The molecular formula is C14H9ClFN3. The molecule has 0 aliphatic rings. The first-order chi connectivity index (χ1) is 9.15. The van der Waals surface area contributed by atoms with E-state index in [0.717, 1.165) is 16.5 Å². The molecule has 0 amide bonds. The number of pyridine rings is 3. The molecule has 3 nitrogen and oxygen atoms in total. The number of aromatic nitrogens is 3. The van der Waals surface area contributed by atoms with Crippen molar-refractivity contribution >= 4 is 22.6 Å². The Hall–Kier alpha value is -2.07. The lowest BCUT2D eigenvalue weighted by Crippen LogP contribution is -1.93. The lowest BCUT2D eigenvalue weighted by molar-refractivity contribution is 0.583. The maximum atomic E-state index is 13.0. The summed E-state index contributed by atoms with van der Waals surface area (Å²) in [5.74, 6) is -0.497. The zero-order valence-corrected chi connectivity index (χ0v) is 10.8. The summed E-state index contributed by atoms with van der Waals surface area (Å²) in [7, 11) is 0. The second-order valence-corrected chi connectivity index (χ2v) is 4.59. The molecule has 0 fully saturated rings. The van der Waals surface area contributed by atoms with Crippen molar-refractivity contribution < 1.29 is 4.39 Å². The molecule has 0 aliphatic heterocycles. The van der Waals surface area contributed by atoms with Crippen LogP contribution in [0.15, 0.2) is 36.7 Å². The van der Waals surface area contributed by atoms with E-state index in [1.807, 2.05) is 19.1 Å². The van der Waals surface area contributed by atoms with Crippen LogP contribution >= 0.6 is 11.6 Å². The number of hydrogen-bond acceptors (Lipinski definition) is 3. The molecule has 3 aromatic rings. The minimum atomic E-state index is -0.497. The topological polar surface area (TPSA) is 38.7 Å². The van der Waals surface area contributed by atoms with Crippen LogP contribution < -0.4 is 0 Å². The second-order valence-electron chi connectivity index (χ2n) is 4.18. The van der Waals surface area contributed by atoms with Crippen LogP contribution in [0, 0.1) is 12.9 Å². The van der Waals surface area contributed by atoms with Crippen molar-refractivity contribution in [3.05, 3.63) is 53.2 Å². The van der Waals surface area contributed by atoms with Crippen molar-refractivity contribution in [2.24, 2.45) is 0 Å². The zero-order chi connectivity index (χ0) is 13.4. The Morgan fingerprint density at radius 1 is 1.16 bits per heavy atom. The smallest absolute Gasteiger partial charge is 0.213 e. The fourth-order valence-corrected chi connectivity index (χ4v) is 2.14. The standard InChI is InChI=1S/C14H9ClFN3/c1-8-6-13(16)18-7-10(8)12-3-2-9-11(15)4-5-17-14(9)19-12/h2-7H,1H3. The molecule has 19 heavy (non-hydrogen) atoms. The minimum absolute atomic E-state index is 0.497. The Labute approximate surface area is 114 Å². The molecule has 0 N–H and O–H groups in total. The van der Waals surface area contributed by atoms with Crippen molar-refractivity contribution in [3.8, 4) is 11.3 Å². The third-order valence-electron chi connectivity index (χ3n) is 2.90. The predicted octanol–water partition coefficient (Wildman–Crippen LogP) is 3.79. The predicted molar refractivity (Wildman–Crippen MR) is 72.5 cm³/mol. The summed E-state index contributed by atoms with van der Waals surface area (Å²) in [6.07, 6.45) is 3.08. The van der Waals surface area contributed by atoms with Gasteiger partial charge in [0, 0.05) is 23.3 Å². The molecule has 0 spiro atoms. The van der Waals surface area contributed by atoms with E-state index in [9.17, 15) is 4.39 Å². The zero-order valence-electron chi connectivity index (χ0n) is 10.1. The summed E-state index contributed by atoms with van der Waals surface area (Å²) < 4.78 is 13.0. The van der Waals surface area contributed by atoms with Crippen molar-refractivity contribution in [3.63, 3.8) is 0 Å². The number of halogens is 2. The Kier molecular flexibility index (Phi) is 2.87. The number of fused-ring (bicyclic) bond motifs is 1. The highest BCUT2D eigenvalue weighted by atomic mass is 35.5. The monoisotopic (exact) mass is 273 g/mol. The molecule has 0 atom stereocenters. The molecule has 0 radical (unpaired) electrons. The van der Waals surface area contributed by atoms with Crippen LogP contribution in [0.25, 0.3) is 22.3 Å². The summed E-state index contributed by atoms with van der Waals surface area (Å²) in [6, 6.07) is 6.79. The average Bonchev–Trinajstić information content (AvgIpc) is 2.38. The van der Waals surface area contributed by atoms with Crippen LogP contribution in [0.3, 0.4) is 0 Å². The van der Waals surface area contributed by atoms with Gasteiger partial charge < -0.3 is 0 Å². The first-order valence-corrected chi connectivity index (χ1v) is 6.07. The third kappa shape index (κ3) is 2.15. The highest BCUT2D eigenvalue weighted by molar-refractivity contribution is 6.35. The van der Waals surface area contributed by atoms with Crippen molar-refractivity contribution in [1.82, 2.24) is 15.0 Å². The van der Waals surface area contributed by atoms with Crippen LogP contribution in [0.5, 0.6) is 0 Å².